The van der Waals surface area contributed by atoms with Gasteiger partial charge in [-0.2, -0.15) is 0 Å². The Bertz CT molecular complexity index is 530. The van der Waals surface area contributed by atoms with Crippen molar-refractivity contribution < 1.29 is 14.7 Å². The van der Waals surface area contributed by atoms with Gasteiger partial charge in [-0.1, -0.05) is 15.9 Å². The summed E-state index contributed by atoms with van der Waals surface area (Å²) in [5, 5.41) is 8.87. The van der Waals surface area contributed by atoms with Crippen LogP contribution in [0.4, 0.5) is 0 Å². The van der Waals surface area contributed by atoms with Gasteiger partial charge >= 0.3 is 5.97 Å². The molecule has 1 aromatic rings. The third-order valence-electron chi connectivity index (χ3n) is 3.67. The Kier molecular flexibility index (Phi) is 4.81. The number of nitrogens with zero attached hydrogens (tertiary/aromatic N) is 1. The molecule has 4 nitrogen and oxygen atoms in total. The van der Waals surface area contributed by atoms with E-state index in [4.69, 9.17) is 5.11 Å². The zero-order valence-corrected chi connectivity index (χ0v) is 13.0. The van der Waals surface area contributed by atoms with Crippen molar-refractivity contribution in [3.8, 4) is 0 Å². The maximum absolute atomic E-state index is 12.5. The first-order valence-corrected chi connectivity index (χ1v) is 7.54. The lowest BCUT2D eigenvalue weighted by Gasteiger charge is -2.32. The molecule has 1 amide bonds. The van der Waals surface area contributed by atoms with Crippen LogP contribution in [0.25, 0.3) is 0 Å². The van der Waals surface area contributed by atoms with Gasteiger partial charge in [0.1, 0.15) is 0 Å². The SMILES string of the molecule is Cc1cc(C(=O)N2CCCC(CC(=O)O)C2)ccc1Br. The molecule has 1 aliphatic heterocycles. The number of carbonyl (C=O) groups is 2. The molecule has 2 rings (SSSR count). The number of benzene rings is 1. The van der Waals surface area contributed by atoms with Gasteiger partial charge in [0.05, 0.1) is 0 Å². The maximum atomic E-state index is 12.5. The number of carbonyl (C=O) groups excluding carboxylic acids is 1. The molecule has 1 unspecified atom stereocenters. The molecule has 0 aliphatic carbocycles. The number of rotatable bonds is 3. The molecule has 1 saturated heterocycles. The van der Waals surface area contributed by atoms with Crippen molar-refractivity contribution in [1.29, 1.82) is 0 Å². The lowest BCUT2D eigenvalue weighted by molar-refractivity contribution is -0.138. The third kappa shape index (κ3) is 3.60. The molecule has 1 aliphatic rings. The minimum absolute atomic E-state index is 0.00399. The van der Waals surface area contributed by atoms with E-state index in [1.54, 1.807) is 11.0 Å². The largest absolute Gasteiger partial charge is 0.481 e. The van der Waals surface area contributed by atoms with Gasteiger partial charge in [-0.15, -0.1) is 0 Å². The van der Waals surface area contributed by atoms with Crippen LogP contribution in [0.1, 0.15) is 35.2 Å². The van der Waals surface area contributed by atoms with Crippen LogP contribution >= 0.6 is 15.9 Å². The van der Waals surface area contributed by atoms with E-state index in [2.05, 4.69) is 15.9 Å². The fourth-order valence-corrected chi connectivity index (χ4v) is 2.87. The van der Waals surface area contributed by atoms with E-state index in [9.17, 15) is 9.59 Å². The van der Waals surface area contributed by atoms with E-state index in [0.29, 0.717) is 18.7 Å². The second kappa shape index (κ2) is 6.39. The fraction of sp³-hybridized carbons (Fsp3) is 0.467. The Morgan fingerprint density at radius 1 is 1.45 bits per heavy atom. The first-order chi connectivity index (χ1) is 9.47. The molecule has 0 aromatic heterocycles. The normalized spacial score (nSPS) is 18.9. The quantitative estimate of drug-likeness (QED) is 0.920. The average Bonchev–Trinajstić information content (AvgIpc) is 2.40. The Balaban J connectivity index is 2.08. The van der Waals surface area contributed by atoms with E-state index >= 15 is 0 Å². The van der Waals surface area contributed by atoms with E-state index in [1.165, 1.54) is 0 Å². The highest BCUT2D eigenvalue weighted by Crippen LogP contribution is 2.23. The van der Waals surface area contributed by atoms with Gasteiger partial charge in [0.25, 0.3) is 5.91 Å². The predicted molar refractivity (Wildman–Crippen MR) is 79.8 cm³/mol. The topological polar surface area (TPSA) is 57.6 Å². The number of hydrogen-bond acceptors (Lipinski definition) is 2. The molecule has 0 bridgehead atoms. The first-order valence-electron chi connectivity index (χ1n) is 6.74. The number of likely N-dealkylation sites (tertiary alicyclic amines) is 1. The van der Waals surface area contributed by atoms with Crippen LogP contribution in [0.2, 0.25) is 0 Å². The Morgan fingerprint density at radius 2 is 2.20 bits per heavy atom. The van der Waals surface area contributed by atoms with E-state index < -0.39 is 5.97 Å². The Labute approximate surface area is 126 Å². The highest BCUT2D eigenvalue weighted by atomic mass is 79.9. The number of hydrogen-bond donors (Lipinski definition) is 1. The number of halogens is 1. The summed E-state index contributed by atoms with van der Waals surface area (Å²) >= 11 is 3.42. The van der Waals surface area contributed by atoms with Crippen LogP contribution in [0.5, 0.6) is 0 Å². The second-order valence-electron chi connectivity index (χ2n) is 5.32. The molecular weight excluding hydrogens is 322 g/mol. The molecule has 1 fully saturated rings. The van der Waals surface area contributed by atoms with Gasteiger partial charge in [-0.25, -0.2) is 0 Å². The highest BCUT2D eigenvalue weighted by molar-refractivity contribution is 9.10. The summed E-state index contributed by atoms with van der Waals surface area (Å²) in [5.74, 6) is -0.721. The molecule has 20 heavy (non-hydrogen) atoms. The van der Waals surface area contributed by atoms with Gasteiger partial charge in [0, 0.05) is 29.5 Å². The smallest absolute Gasteiger partial charge is 0.303 e. The molecule has 0 saturated carbocycles. The zero-order valence-electron chi connectivity index (χ0n) is 11.4. The van der Waals surface area contributed by atoms with Crippen LogP contribution in [0.3, 0.4) is 0 Å². The van der Waals surface area contributed by atoms with Crippen LogP contribution < -0.4 is 0 Å². The number of carboxylic acids is 1. The van der Waals surface area contributed by atoms with E-state index in [-0.39, 0.29) is 18.2 Å². The van der Waals surface area contributed by atoms with Crippen molar-refractivity contribution in [3.05, 3.63) is 33.8 Å². The summed E-state index contributed by atoms with van der Waals surface area (Å²) < 4.78 is 0.983. The van der Waals surface area contributed by atoms with Crippen molar-refractivity contribution in [1.82, 2.24) is 4.90 Å². The summed E-state index contributed by atoms with van der Waals surface area (Å²) in [6.07, 6.45) is 1.90. The molecule has 1 aromatic carbocycles. The third-order valence-corrected chi connectivity index (χ3v) is 4.56. The number of aliphatic carboxylic acids is 1. The summed E-state index contributed by atoms with van der Waals surface area (Å²) in [6.45, 7) is 3.20. The Morgan fingerprint density at radius 3 is 2.85 bits per heavy atom. The minimum Gasteiger partial charge on any atom is -0.481 e. The minimum atomic E-state index is -0.788. The summed E-state index contributed by atoms with van der Waals surface area (Å²) in [7, 11) is 0. The zero-order chi connectivity index (χ0) is 14.7. The van der Waals surface area contributed by atoms with Crippen LogP contribution in [0, 0.1) is 12.8 Å². The van der Waals surface area contributed by atoms with Gasteiger partial charge < -0.3 is 10.0 Å². The van der Waals surface area contributed by atoms with Crippen molar-refractivity contribution >= 4 is 27.8 Å². The van der Waals surface area contributed by atoms with Crippen LogP contribution in [-0.4, -0.2) is 35.0 Å². The molecule has 0 radical (unpaired) electrons. The lowest BCUT2D eigenvalue weighted by atomic mass is 9.94. The first kappa shape index (κ1) is 15.0. The standard InChI is InChI=1S/C15H18BrNO3/c1-10-7-12(4-5-13(10)16)15(20)17-6-2-3-11(9-17)8-14(18)19/h4-5,7,11H,2-3,6,8-9H2,1H3,(H,18,19). The molecule has 1 N–H and O–H groups in total. The van der Waals surface area contributed by atoms with Crippen molar-refractivity contribution in [2.24, 2.45) is 5.92 Å². The molecule has 1 heterocycles. The summed E-state index contributed by atoms with van der Waals surface area (Å²) in [4.78, 5) is 25.0. The average molecular weight is 340 g/mol. The fourth-order valence-electron chi connectivity index (χ4n) is 2.62. The number of aryl methyl sites for hydroxylation is 1. The van der Waals surface area contributed by atoms with Gasteiger partial charge in [-0.3, -0.25) is 9.59 Å². The second-order valence-corrected chi connectivity index (χ2v) is 6.18. The van der Waals surface area contributed by atoms with Gasteiger partial charge in [-0.05, 0) is 49.4 Å². The Hall–Kier alpha value is -1.36. The summed E-state index contributed by atoms with van der Waals surface area (Å²) in [6, 6.07) is 5.55. The van der Waals surface area contributed by atoms with E-state index in [1.807, 2.05) is 19.1 Å². The molecule has 1 atom stereocenters. The van der Waals surface area contributed by atoms with E-state index in [0.717, 1.165) is 22.9 Å². The number of amides is 1. The van der Waals surface area contributed by atoms with Crippen molar-refractivity contribution in [2.45, 2.75) is 26.2 Å². The number of piperidine rings is 1. The number of carboxylic acid groups (broad SMARTS) is 1. The summed E-state index contributed by atoms with van der Waals surface area (Å²) in [5.41, 5.74) is 1.69. The van der Waals surface area contributed by atoms with Gasteiger partial charge in [0.15, 0.2) is 0 Å². The lowest BCUT2D eigenvalue weighted by Crippen LogP contribution is -2.40. The van der Waals surface area contributed by atoms with Crippen molar-refractivity contribution in [2.75, 3.05) is 13.1 Å². The molecular formula is C15H18BrNO3. The molecule has 5 heteroatoms. The van der Waals surface area contributed by atoms with Crippen LogP contribution in [-0.2, 0) is 4.79 Å². The molecule has 0 spiro atoms. The maximum Gasteiger partial charge on any atom is 0.303 e. The van der Waals surface area contributed by atoms with Gasteiger partial charge in [0.2, 0.25) is 0 Å². The molecule has 108 valence electrons. The predicted octanol–water partition coefficient (Wildman–Crippen LogP) is 3.08. The van der Waals surface area contributed by atoms with Crippen molar-refractivity contribution in [3.63, 3.8) is 0 Å². The monoisotopic (exact) mass is 339 g/mol. The highest BCUT2D eigenvalue weighted by Gasteiger charge is 2.26. The van der Waals surface area contributed by atoms with Crippen LogP contribution in [0.15, 0.2) is 22.7 Å².